The lowest BCUT2D eigenvalue weighted by atomic mass is 9.89. The van der Waals surface area contributed by atoms with Crippen molar-refractivity contribution in [2.75, 3.05) is 11.9 Å². The molecular weight excluding hydrogens is 288 g/mol. The maximum atomic E-state index is 12.7. The number of rotatable bonds is 3. The van der Waals surface area contributed by atoms with Gasteiger partial charge in [-0.1, -0.05) is 49.0 Å². The van der Waals surface area contributed by atoms with Crippen LogP contribution in [0.2, 0.25) is 0 Å². The molecule has 0 fully saturated rings. The Hall–Kier alpha value is -2.88. The van der Waals surface area contributed by atoms with Gasteiger partial charge in [-0.2, -0.15) is 0 Å². The molecule has 116 valence electrons. The van der Waals surface area contributed by atoms with E-state index in [0.29, 0.717) is 13.1 Å². The predicted octanol–water partition coefficient (Wildman–Crippen LogP) is 2.94. The fourth-order valence-corrected chi connectivity index (χ4v) is 2.88. The van der Waals surface area contributed by atoms with Crippen LogP contribution in [0.25, 0.3) is 0 Å². The first-order valence-electron chi connectivity index (χ1n) is 7.54. The molecule has 23 heavy (non-hydrogen) atoms. The van der Waals surface area contributed by atoms with E-state index in [1.54, 1.807) is 4.90 Å². The van der Waals surface area contributed by atoms with E-state index < -0.39 is 0 Å². The highest BCUT2D eigenvalue weighted by Crippen LogP contribution is 2.29. The maximum absolute atomic E-state index is 12.7. The first-order chi connectivity index (χ1) is 11.2. The van der Waals surface area contributed by atoms with Crippen LogP contribution in [0.1, 0.15) is 17.0 Å². The van der Waals surface area contributed by atoms with E-state index in [9.17, 15) is 9.59 Å². The summed E-state index contributed by atoms with van der Waals surface area (Å²) in [6.45, 7) is 4.41. The maximum Gasteiger partial charge on any atom is 0.246 e. The fraction of sp³-hybridized carbons (Fsp3) is 0.158. The molecular formula is C19H18N2O2. The third-order valence-electron chi connectivity index (χ3n) is 4.04. The largest absolute Gasteiger partial charge is 0.334 e. The number of benzene rings is 2. The summed E-state index contributed by atoms with van der Waals surface area (Å²) in [6.07, 6.45) is 1.29. The Morgan fingerprint density at radius 1 is 1.09 bits per heavy atom. The predicted molar refractivity (Wildman–Crippen MR) is 89.9 cm³/mol. The van der Waals surface area contributed by atoms with E-state index in [2.05, 4.69) is 11.9 Å². The Morgan fingerprint density at radius 2 is 1.78 bits per heavy atom. The number of nitrogens with zero attached hydrogens (tertiary/aromatic N) is 1. The molecule has 2 aromatic carbocycles. The van der Waals surface area contributed by atoms with Crippen LogP contribution in [0, 0.1) is 0 Å². The Morgan fingerprint density at radius 3 is 2.52 bits per heavy atom. The van der Waals surface area contributed by atoms with Gasteiger partial charge in [0.1, 0.15) is 0 Å². The van der Waals surface area contributed by atoms with Gasteiger partial charge >= 0.3 is 0 Å². The molecule has 0 saturated heterocycles. The zero-order valence-corrected chi connectivity index (χ0v) is 12.7. The quantitative estimate of drug-likeness (QED) is 0.886. The number of nitrogens with one attached hydrogen (secondary N) is 1. The lowest BCUT2D eigenvalue weighted by Gasteiger charge is -2.33. The topological polar surface area (TPSA) is 49.4 Å². The van der Waals surface area contributed by atoms with E-state index in [4.69, 9.17) is 0 Å². The monoisotopic (exact) mass is 306 g/mol. The van der Waals surface area contributed by atoms with Crippen LogP contribution in [0.15, 0.2) is 67.3 Å². The average molecular weight is 306 g/mol. The van der Waals surface area contributed by atoms with Crippen LogP contribution in [0.4, 0.5) is 5.69 Å². The summed E-state index contributed by atoms with van der Waals surface area (Å²) in [6, 6.07) is 17.1. The minimum absolute atomic E-state index is 0.106. The van der Waals surface area contributed by atoms with Gasteiger partial charge < -0.3 is 10.2 Å². The summed E-state index contributed by atoms with van der Waals surface area (Å²) in [5, 5.41) is 2.93. The molecule has 1 aliphatic rings. The second kappa shape index (κ2) is 6.48. The molecule has 3 rings (SSSR count). The molecule has 0 saturated carbocycles. The van der Waals surface area contributed by atoms with Crippen LogP contribution in [0.3, 0.4) is 0 Å². The van der Waals surface area contributed by atoms with Gasteiger partial charge in [0.25, 0.3) is 0 Å². The molecule has 0 spiro atoms. The summed E-state index contributed by atoms with van der Waals surface area (Å²) in [5.74, 6) is -0.647. The highest BCUT2D eigenvalue weighted by molar-refractivity contribution is 5.97. The summed E-state index contributed by atoms with van der Waals surface area (Å²) in [5.41, 5.74) is 2.73. The van der Waals surface area contributed by atoms with Gasteiger partial charge in [-0.15, -0.1) is 0 Å². The molecule has 1 N–H and O–H groups in total. The molecule has 1 heterocycles. The van der Waals surface area contributed by atoms with Crippen molar-refractivity contribution in [3.63, 3.8) is 0 Å². The van der Waals surface area contributed by atoms with Crippen LogP contribution < -0.4 is 5.32 Å². The van der Waals surface area contributed by atoms with Crippen molar-refractivity contribution >= 4 is 17.5 Å². The van der Waals surface area contributed by atoms with Gasteiger partial charge in [0.15, 0.2) is 0 Å². The standard InChI is InChI=1S/C19H18N2O2/c1-2-18(22)21-12-14-8-6-7-11-16(14)17(13-21)19(23)20-15-9-4-3-5-10-15/h2-11,17H,1,12-13H2,(H,20,23)/t17-/m1/s1. The summed E-state index contributed by atoms with van der Waals surface area (Å²) < 4.78 is 0. The third kappa shape index (κ3) is 3.16. The molecule has 0 aromatic heterocycles. The van der Waals surface area contributed by atoms with E-state index in [0.717, 1.165) is 16.8 Å². The van der Waals surface area contributed by atoms with Crippen molar-refractivity contribution in [1.29, 1.82) is 0 Å². The number of hydrogen-bond acceptors (Lipinski definition) is 2. The second-order valence-corrected chi connectivity index (χ2v) is 5.53. The van der Waals surface area contributed by atoms with E-state index >= 15 is 0 Å². The fourth-order valence-electron chi connectivity index (χ4n) is 2.88. The Kier molecular flexibility index (Phi) is 4.24. The Labute approximate surface area is 135 Å². The van der Waals surface area contributed by atoms with Gasteiger partial charge in [0.2, 0.25) is 11.8 Å². The highest BCUT2D eigenvalue weighted by Gasteiger charge is 2.31. The summed E-state index contributed by atoms with van der Waals surface area (Å²) in [4.78, 5) is 26.3. The smallest absolute Gasteiger partial charge is 0.246 e. The van der Waals surface area contributed by atoms with Gasteiger partial charge in [-0.05, 0) is 29.3 Å². The van der Waals surface area contributed by atoms with Gasteiger partial charge in [-0.3, -0.25) is 9.59 Å². The van der Waals surface area contributed by atoms with Crippen molar-refractivity contribution in [2.45, 2.75) is 12.5 Å². The number of fused-ring (bicyclic) bond motifs is 1. The molecule has 0 unspecified atom stereocenters. The van der Waals surface area contributed by atoms with Crippen molar-refractivity contribution in [2.24, 2.45) is 0 Å². The number of carbonyl (C=O) groups is 2. The molecule has 2 amide bonds. The SMILES string of the molecule is C=CC(=O)N1Cc2ccccc2[C@H](C(=O)Nc2ccccc2)C1. The van der Waals surface area contributed by atoms with Crippen molar-refractivity contribution in [1.82, 2.24) is 4.90 Å². The van der Waals surface area contributed by atoms with Crippen molar-refractivity contribution in [3.05, 3.63) is 78.4 Å². The first-order valence-corrected chi connectivity index (χ1v) is 7.54. The minimum atomic E-state index is -0.385. The molecule has 0 radical (unpaired) electrons. The van der Waals surface area contributed by atoms with E-state index in [1.807, 2.05) is 54.6 Å². The van der Waals surface area contributed by atoms with Crippen molar-refractivity contribution in [3.8, 4) is 0 Å². The summed E-state index contributed by atoms with van der Waals surface area (Å²) in [7, 11) is 0. The molecule has 0 bridgehead atoms. The molecule has 4 heteroatoms. The van der Waals surface area contributed by atoms with Gasteiger partial charge in [0, 0.05) is 18.8 Å². The molecule has 2 aromatic rings. The molecule has 0 aliphatic carbocycles. The lowest BCUT2D eigenvalue weighted by molar-refractivity contribution is -0.128. The zero-order chi connectivity index (χ0) is 16.2. The number of hydrogen-bond donors (Lipinski definition) is 1. The van der Waals surface area contributed by atoms with Gasteiger partial charge in [-0.25, -0.2) is 0 Å². The number of anilines is 1. The van der Waals surface area contributed by atoms with Crippen LogP contribution in [-0.4, -0.2) is 23.3 Å². The minimum Gasteiger partial charge on any atom is -0.334 e. The van der Waals surface area contributed by atoms with Crippen LogP contribution in [-0.2, 0) is 16.1 Å². The van der Waals surface area contributed by atoms with Crippen LogP contribution >= 0.6 is 0 Å². The normalized spacial score (nSPS) is 16.3. The molecule has 1 aliphatic heterocycles. The Balaban J connectivity index is 1.88. The lowest BCUT2D eigenvalue weighted by Crippen LogP contribution is -2.41. The first kappa shape index (κ1) is 15.0. The zero-order valence-electron chi connectivity index (χ0n) is 12.7. The van der Waals surface area contributed by atoms with Crippen molar-refractivity contribution < 1.29 is 9.59 Å². The van der Waals surface area contributed by atoms with E-state index in [-0.39, 0.29) is 17.7 Å². The number of carbonyl (C=O) groups excluding carboxylic acids is 2. The van der Waals surface area contributed by atoms with Gasteiger partial charge in [0.05, 0.1) is 5.92 Å². The molecule has 1 atom stereocenters. The molecule has 4 nitrogen and oxygen atoms in total. The average Bonchev–Trinajstić information content (AvgIpc) is 2.60. The third-order valence-corrected chi connectivity index (χ3v) is 4.04. The second-order valence-electron chi connectivity index (χ2n) is 5.53. The van der Waals surface area contributed by atoms with E-state index in [1.165, 1.54) is 6.08 Å². The Bertz CT molecular complexity index is 740. The van der Waals surface area contributed by atoms with Crippen LogP contribution in [0.5, 0.6) is 0 Å². The number of amides is 2. The number of para-hydroxylation sites is 1. The highest BCUT2D eigenvalue weighted by atomic mass is 16.2. The summed E-state index contributed by atoms with van der Waals surface area (Å²) >= 11 is 0.